The maximum atomic E-state index is 12.9. The Morgan fingerprint density at radius 3 is 2.41 bits per heavy atom. The minimum Gasteiger partial charge on any atom is -0.493 e. The molecule has 1 aromatic heterocycles. The Labute approximate surface area is 187 Å². The zero-order chi connectivity index (χ0) is 23.0. The summed E-state index contributed by atoms with van der Waals surface area (Å²) in [5.41, 5.74) is 1.63. The van der Waals surface area contributed by atoms with E-state index in [9.17, 15) is 13.2 Å². The van der Waals surface area contributed by atoms with E-state index < -0.39 is 10.1 Å². The van der Waals surface area contributed by atoms with Crippen LogP contribution in [0.4, 0.5) is 0 Å². The third kappa shape index (κ3) is 7.14. The van der Waals surface area contributed by atoms with Crippen LogP contribution in [0, 0.1) is 0 Å². The molecular weight excluding hydrogens is 434 g/mol. The van der Waals surface area contributed by atoms with Crippen molar-refractivity contribution in [1.82, 2.24) is 4.90 Å². The first-order valence-corrected chi connectivity index (χ1v) is 11.6. The number of carbonyl (C=O) groups excluding carboxylic acids is 1. The van der Waals surface area contributed by atoms with E-state index in [0.717, 1.165) is 11.8 Å². The van der Waals surface area contributed by atoms with E-state index in [1.165, 1.54) is 19.4 Å². The zero-order valence-corrected chi connectivity index (χ0v) is 18.7. The molecule has 0 radical (unpaired) electrons. The zero-order valence-electron chi connectivity index (χ0n) is 17.9. The van der Waals surface area contributed by atoms with Gasteiger partial charge in [-0.25, -0.2) is 0 Å². The van der Waals surface area contributed by atoms with E-state index in [4.69, 9.17) is 18.1 Å². The van der Waals surface area contributed by atoms with Gasteiger partial charge in [-0.2, -0.15) is 8.42 Å². The molecule has 3 aromatic rings. The molecule has 0 spiro atoms. The fourth-order valence-corrected chi connectivity index (χ4v) is 3.47. The average molecular weight is 460 g/mol. The van der Waals surface area contributed by atoms with Crippen LogP contribution in [0.5, 0.6) is 11.5 Å². The van der Waals surface area contributed by atoms with Gasteiger partial charge in [0.1, 0.15) is 12.4 Å². The van der Waals surface area contributed by atoms with E-state index in [1.54, 1.807) is 29.2 Å². The quantitative estimate of drug-likeness (QED) is 0.406. The average Bonchev–Trinajstić information content (AvgIpc) is 3.26. The fourth-order valence-electron chi connectivity index (χ4n) is 3.01. The van der Waals surface area contributed by atoms with Crippen molar-refractivity contribution in [3.05, 3.63) is 83.8 Å². The predicted octanol–water partition coefficient (Wildman–Crippen LogP) is 3.37. The van der Waals surface area contributed by atoms with Crippen molar-refractivity contribution in [2.24, 2.45) is 0 Å². The smallest absolute Gasteiger partial charge is 0.306 e. The van der Waals surface area contributed by atoms with Crippen molar-refractivity contribution < 1.29 is 31.3 Å². The minimum atomic E-state index is -3.75. The van der Waals surface area contributed by atoms with E-state index in [-0.39, 0.29) is 37.1 Å². The number of furan rings is 1. The first kappa shape index (κ1) is 23.4. The molecule has 0 aliphatic heterocycles. The number of amides is 1. The molecule has 1 amide bonds. The molecule has 0 unspecified atom stereocenters. The van der Waals surface area contributed by atoms with Crippen molar-refractivity contribution in [3.63, 3.8) is 0 Å². The third-order valence-corrected chi connectivity index (χ3v) is 4.94. The Hall–Kier alpha value is -3.30. The highest BCUT2D eigenvalue weighted by Gasteiger charge is 2.18. The Bertz CT molecular complexity index is 1110. The Balaban J connectivity index is 1.73. The van der Waals surface area contributed by atoms with Gasteiger partial charge in [0, 0.05) is 6.54 Å². The summed E-state index contributed by atoms with van der Waals surface area (Å²) >= 11 is 0. The number of benzene rings is 2. The molecular formula is C23H25NO7S. The fraction of sp³-hybridized carbons (Fsp3) is 0.261. The molecule has 0 N–H and O–H groups in total. The van der Waals surface area contributed by atoms with E-state index >= 15 is 0 Å². The summed E-state index contributed by atoms with van der Waals surface area (Å²) in [5.74, 6) is 0.703. The predicted molar refractivity (Wildman–Crippen MR) is 118 cm³/mol. The largest absolute Gasteiger partial charge is 0.493 e. The molecule has 0 atom stereocenters. The summed E-state index contributed by atoms with van der Waals surface area (Å²) in [6, 6.07) is 18.0. The molecule has 0 bridgehead atoms. The second-order valence-corrected chi connectivity index (χ2v) is 8.66. The van der Waals surface area contributed by atoms with Crippen LogP contribution in [-0.4, -0.2) is 39.2 Å². The molecule has 0 fully saturated rings. The van der Waals surface area contributed by atoms with Crippen LogP contribution in [0.2, 0.25) is 0 Å². The number of carbonyl (C=O) groups is 1. The molecule has 0 aliphatic carbocycles. The molecule has 170 valence electrons. The SMILES string of the molecule is COc1ccc(CN(Cc2ccco2)C(=O)COCc2ccccc2)cc1OS(C)(=O)=O. The summed E-state index contributed by atoms with van der Waals surface area (Å²) < 4.78 is 44.4. The van der Waals surface area contributed by atoms with Crippen molar-refractivity contribution in [3.8, 4) is 11.5 Å². The molecule has 1 heterocycles. The molecule has 9 heteroatoms. The highest BCUT2D eigenvalue weighted by Crippen LogP contribution is 2.30. The molecule has 0 saturated carbocycles. The second kappa shape index (κ2) is 10.8. The maximum Gasteiger partial charge on any atom is 0.306 e. The topological polar surface area (TPSA) is 95.3 Å². The van der Waals surface area contributed by atoms with Gasteiger partial charge in [-0.05, 0) is 35.4 Å². The van der Waals surface area contributed by atoms with Crippen LogP contribution in [-0.2, 0) is 39.3 Å². The Kier molecular flexibility index (Phi) is 7.91. The lowest BCUT2D eigenvalue weighted by atomic mass is 10.2. The number of nitrogens with zero attached hydrogens (tertiary/aromatic N) is 1. The Morgan fingerprint density at radius 2 is 1.75 bits per heavy atom. The minimum absolute atomic E-state index is 0.0539. The highest BCUT2D eigenvalue weighted by atomic mass is 32.2. The van der Waals surface area contributed by atoms with Crippen molar-refractivity contribution >= 4 is 16.0 Å². The van der Waals surface area contributed by atoms with Crippen LogP contribution in [0.25, 0.3) is 0 Å². The number of ether oxygens (including phenoxy) is 2. The van der Waals surface area contributed by atoms with Gasteiger partial charge in [0.25, 0.3) is 0 Å². The number of rotatable bonds is 11. The van der Waals surface area contributed by atoms with Crippen molar-refractivity contribution in [1.29, 1.82) is 0 Å². The summed E-state index contributed by atoms with van der Waals surface area (Å²) in [6.45, 7) is 0.627. The second-order valence-electron chi connectivity index (χ2n) is 7.08. The first-order valence-electron chi connectivity index (χ1n) is 9.82. The highest BCUT2D eigenvalue weighted by molar-refractivity contribution is 7.86. The van der Waals surface area contributed by atoms with E-state index in [1.807, 2.05) is 30.3 Å². The number of methoxy groups -OCH3 is 1. The first-order chi connectivity index (χ1) is 15.3. The van der Waals surface area contributed by atoms with Crippen LogP contribution in [0.3, 0.4) is 0 Å². The normalized spacial score (nSPS) is 11.2. The summed E-state index contributed by atoms with van der Waals surface area (Å²) in [7, 11) is -2.33. The lowest BCUT2D eigenvalue weighted by Gasteiger charge is -2.22. The van der Waals surface area contributed by atoms with Gasteiger partial charge in [0.2, 0.25) is 5.91 Å². The molecule has 2 aromatic carbocycles. The molecule has 0 aliphatic rings. The monoisotopic (exact) mass is 459 g/mol. The maximum absolute atomic E-state index is 12.9. The van der Waals surface area contributed by atoms with Crippen molar-refractivity contribution in [2.45, 2.75) is 19.7 Å². The summed E-state index contributed by atoms with van der Waals surface area (Å²) in [4.78, 5) is 14.5. The van der Waals surface area contributed by atoms with Gasteiger partial charge in [0.05, 0.1) is 32.8 Å². The lowest BCUT2D eigenvalue weighted by molar-refractivity contribution is -0.138. The number of hydrogen-bond donors (Lipinski definition) is 0. The van der Waals surface area contributed by atoms with Crippen molar-refractivity contribution in [2.75, 3.05) is 20.0 Å². The van der Waals surface area contributed by atoms with E-state index in [0.29, 0.717) is 17.9 Å². The van der Waals surface area contributed by atoms with Gasteiger partial charge in [0.15, 0.2) is 11.5 Å². The van der Waals surface area contributed by atoms with Crippen LogP contribution in [0.15, 0.2) is 71.3 Å². The van der Waals surface area contributed by atoms with Gasteiger partial charge in [-0.3, -0.25) is 4.79 Å². The van der Waals surface area contributed by atoms with Gasteiger partial charge < -0.3 is 23.0 Å². The molecule has 0 saturated heterocycles. The third-order valence-electron chi connectivity index (χ3n) is 4.46. The Morgan fingerprint density at radius 1 is 0.969 bits per heavy atom. The van der Waals surface area contributed by atoms with Crippen LogP contribution >= 0.6 is 0 Å². The molecule has 3 rings (SSSR count). The van der Waals surface area contributed by atoms with Gasteiger partial charge >= 0.3 is 10.1 Å². The molecule has 8 nitrogen and oxygen atoms in total. The van der Waals surface area contributed by atoms with Crippen LogP contribution in [0.1, 0.15) is 16.9 Å². The standard InChI is InChI=1S/C23H25NO7S/c1-28-21-11-10-19(13-22(21)31-32(2,26)27)14-24(15-20-9-6-12-30-20)23(25)17-29-16-18-7-4-3-5-8-18/h3-13H,14-17H2,1-2H3. The summed E-state index contributed by atoms with van der Waals surface area (Å²) in [5, 5.41) is 0. The van der Waals surface area contributed by atoms with Gasteiger partial charge in [-0.15, -0.1) is 0 Å². The van der Waals surface area contributed by atoms with Crippen LogP contribution < -0.4 is 8.92 Å². The summed E-state index contributed by atoms with van der Waals surface area (Å²) in [6.07, 6.45) is 2.49. The van der Waals surface area contributed by atoms with E-state index in [2.05, 4.69) is 0 Å². The lowest BCUT2D eigenvalue weighted by Crippen LogP contribution is -2.33. The van der Waals surface area contributed by atoms with Gasteiger partial charge in [-0.1, -0.05) is 36.4 Å². The number of hydrogen-bond acceptors (Lipinski definition) is 7. The molecule has 32 heavy (non-hydrogen) atoms.